The first-order valence-electron chi connectivity index (χ1n) is 22.4. The monoisotopic (exact) mass is 1010 g/mol. The van der Waals surface area contributed by atoms with Crippen molar-refractivity contribution in [1.29, 1.82) is 0 Å². The van der Waals surface area contributed by atoms with Crippen LogP contribution in [-0.2, 0) is 33.8 Å². The third-order valence-electron chi connectivity index (χ3n) is 11.6. The minimum Gasteiger partial charge on any atom is -0.505 e. The SMILES string of the molecule is C.C.CCN(CC)C(=O)C1=Cn2c(=O)c(C(=O)NC)c(O)c3ncc(Cc4ccc(F)cc4)c(c32)O1.CCOC(=O)c1c(OCc2ccccc2)c2ncc(Cc3ccc(F)cc3)c3c2n(c1=O)C=C(C(=O)O)O3. The maximum atomic E-state index is 13.6. The Morgan fingerprint density at radius 2 is 1.20 bits per heavy atom. The Balaban J connectivity index is 0.000000236. The lowest BCUT2D eigenvalue weighted by atomic mass is 10.0. The van der Waals surface area contributed by atoms with Crippen molar-refractivity contribution in [2.75, 3.05) is 26.7 Å². The molecule has 0 bridgehead atoms. The summed E-state index contributed by atoms with van der Waals surface area (Å²) in [5, 5.41) is 22.7. The van der Waals surface area contributed by atoms with Gasteiger partial charge in [-0.05, 0) is 61.7 Å². The van der Waals surface area contributed by atoms with Gasteiger partial charge in [-0.3, -0.25) is 38.3 Å². The van der Waals surface area contributed by atoms with Gasteiger partial charge in [0.1, 0.15) is 45.9 Å². The standard InChI is InChI=1S/C28H21FN2O7.C24H23FN4O5.2CH4/c1-2-36-28(35)21-25(37-15-17-6-4-3-5-7-17)22-23-24(38-20(27(33)34)14-31(23)26(21)32)18(13-30-22)12-16-8-10-19(29)11-9-16;1-4-28(5-2)23(32)16-12-29-19-18(20(30)17(24(29)33)22(31)26-3)27-11-14(21(19)34-16)10-13-6-8-15(25)9-7-13;;/h3-11,13-14H,2,12,15H2,1H3,(H,33,34);6-9,11-12,30H,4-5,10H2,1-3H3,(H,26,31);2*1H4. The zero-order valence-electron chi connectivity index (χ0n) is 39.0. The number of esters is 1. The molecule has 7 aromatic rings. The van der Waals surface area contributed by atoms with E-state index in [0.717, 1.165) is 26.5 Å². The van der Waals surface area contributed by atoms with E-state index in [2.05, 4.69) is 15.3 Å². The van der Waals surface area contributed by atoms with Crippen LogP contribution in [-0.4, -0.2) is 84.7 Å². The molecule has 0 radical (unpaired) electrons. The summed E-state index contributed by atoms with van der Waals surface area (Å²) in [4.78, 5) is 87.4. The van der Waals surface area contributed by atoms with Crippen molar-refractivity contribution in [3.05, 3.63) is 174 Å². The van der Waals surface area contributed by atoms with Gasteiger partial charge in [0, 0.05) is 56.5 Å². The van der Waals surface area contributed by atoms with E-state index in [4.69, 9.17) is 18.9 Å². The second-order valence-electron chi connectivity index (χ2n) is 16.1. The van der Waals surface area contributed by atoms with Gasteiger partial charge >= 0.3 is 11.9 Å². The normalized spacial score (nSPS) is 11.8. The summed E-state index contributed by atoms with van der Waals surface area (Å²) in [5.74, 6) is -5.45. The third kappa shape index (κ3) is 10.5. The zero-order valence-corrected chi connectivity index (χ0v) is 39.0. The number of nitrogens with zero attached hydrogens (tertiary/aromatic N) is 5. The molecule has 0 atom stereocenters. The predicted octanol–water partition coefficient (Wildman–Crippen LogP) is 7.68. The largest absolute Gasteiger partial charge is 0.505 e. The highest BCUT2D eigenvalue weighted by Gasteiger charge is 2.34. The van der Waals surface area contributed by atoms with Crippen LogP contribution in [0.1, 0.15) is 84.2 Å². The number of hydrogen-bond acceptors (Lipinski definition) is 13. The van der Waals surface area contributed by atoms with Gasteiger partial charge in [-0.15, -0.1) is 0 Å². The molecule has 384 valence electrons. The molecule has 0 unspecified atom stereocenters. The summed E-state index contributed by atoms with van der Waals surface area (Å²) in [5.41, 5.74) is 0.969. The van der Waals surface area contributed by atoms with Crippen LogP contribution in [0.25, 0.3) is 34.5 Å². The van der Waals surface area contributed by atoms with Gasteiger partial charge in [-0.25, -0.2) is 18.4 Å². The van der Waals surface area contributed by atoms with Gasteiger partial charge in [-0.2, -0.15) is 0 Å². The number of carbonyl (C=O) groups is 4. The number of rotatable bonds is 14. The Labute approximate surface area is 422 Å². The van der Waals surface area contributed by atoms with E-state index in [0.29, 0.717) is 29.8 Å². The zero-order chi connectivity index (χ0) is 51.4. The molecule has 3 N–H and O–H groups in total. The first-order valence-corrected chi connectivity index (χ1v) is 22.4. The van der Waals surface area contributed by atoms with Crippen molar-refractivity contribution in [2.45, 2.75) is 55.1 Å². The van der Waals surface area contributed by atoms with Crippen molar-refractivity contribution in [2.24, 2.45) is 0 Å². The number of carboxylic acid groups (broad SMARTS) is 1. The number of benzene rings is 3. The van der Waals surface area contributed by atoms with E-state index < -0.39 is 63.3 Å². The quantitative estimate of drug-likeness (QED) is 0.0888. The number of nitrogens with one attached hydrogen (secondary N) is 1. The summed E-state index contributed by atoms with van der Waals surface area (Å²) < 4.78 is 51.8. The minimum absolute atomic E-state index is 0. The van der Waals surface area contributed by atoms with Crippen molar-refractivity contribution >= 4 is 58.2 Å². The van der Waals surface area contributed by atoms with Gasteiger partial charge in [-0.1, -0.05) is 69.5 Å². The molecule has 4 aromatic heterocycles. The number of aromatic hydroxyl groups is 1. The lowest BCUT2D eigenvalue weighted by Gasteiger charge is -2.25. The average molecular weight is 1020 g/mol. The van der Waals surface area contributed by atoms with Gasteiger partial charge < -0.3 is 39.4 Å². The van der Waals surface area contributed by atoms with Crippen LogP contribution in [0, 0.1) is 11.6 Å². The van der Waals surface area contributed by atoms with Crippen LogP contribution in [0.5, 0.6) is 23.0 Å². The fourth-order valence-electron chi connectivity index (χ4n) is 8.03. The van der Waals surface area contributed by atoms with E-state index in [1.807, 2.05) is 44.2 Å². The predicted molar refractivity (Wildman–Crippen MR) is 271 cm³/mol. The maximum Gasteiger partial charge on any atom is 0.373 e. The Hall–Kier alpha value is -9.20. The van der Waals surface area contributed by atoms with Crippen molar-refractivity contribution in [3.8, 4) is 23.0 Å². The van der Waals surface area contributed by atoms with Gasteiger partial charge in [0.15, 0.2) is 28.6 Å². The van der Waals surface area contributed by atoms with Crippen LogP contribution < -0.4 is 30.6 Å². The van der Waals surface area contributed by atoms with Crippen LogP contribution >= 0.6 is 0 Å². The highest BCUT2D eigenvalue weighted by molar-refractivity contribution is 6.05. The Morgan fingerprint density at radius 1 is 0.703 bits per heavy atom. The van der Waals surface area contributed by atoms with Gasteiger partial charge in [0.25, 0.3) is 22.9 Å². The molecule has 0 spiro atoms. The van der Waals surface area contributed by atoms with Crippen molar-refractivity contribution in [1.82, 2.24) is 29.3 Å². The number of hydrogen-bond donors (Lipinski definition) is 3. The molecule has 2 aliphatic rings. The van der Waals surface area contributed by atoms with E-state index in [1.165, 1.54) is 54.8 Å². The molecule has 2 amide bonds. The lowest BCUT2D eigenvalue weighted by Crippen LogP contribution is -2.36. The van der Waals surface area contributed by atoms with Crippen LogP contribution in [0.2, 0.25) is 0 Å². The minimum atomic E-state index is -1.41. The van der Waals surface area contributed by atoms with E-state index in [-0.39, 0.29) is 91.8 Å². The Kier molecular flexibility index (Phi) is 16.8. The molecular formula is C54H52F2N6O12. The van der Waals surface area contributed by atoms with Gasteiger partial charge in [0.2, 0.25) is 11.5 Å². The molecule has 3 aromatic carbocycles. The maximum absolute atomic E-state index is 13.6. The molecule has 2 aliphatic heterocycles. The third-order valence-corrected chi connectivity index (χ3v) is 11.6. The first-order chi connectivity index (χ1) is 34.7. The first kappa shape index (κ1) is 54.1. The van der Waals surface area contributed by atoms with Crippen LogP contribution in [0.3, 0.4) is 0 Å². The molecule has 20 heteroatoms. The number of pyridine rings is 4. The summed E-state index contributed by atoms with van der Waals surface area (Å²) >= 11 is 0. The second kappa shape index (κ2) is 22.9. The van der Waals surface area contributed by atoms with Crippen LogP contribution in [0.15, 0.2) is 112 Å². The number of ether oxygens (including phenoxy) is 4. The summed E-state index contributed by atoms with van der Waals surface area (Å²) in [7, 11) is 1.33. The molecule has 0 saturated heterocycles. The fraction of sp³-hybridized carbons (Fsp3) is 0.222. The fourth-order valence-corrected chi connectivity index (χ4v) is 8.03. The summed E-state index contributed by atoms with van der Waals surface area (Å²) in [6, 6.07) is 20.7. The number of aromatic nitrogens is 4. The number of carboxylic acids is 1. The summed E-state index contributed by atoms with van der Waals surface area (Å²) in [6.45, 7) is 6.10. The molecular weight excluding hydrogens is 963 g/mol. The molecule has 74 heavy (non-hydrogen) atoms. The Bertz CT molecular complexity index is 3500. The number of amides is 2. The van der Waals surface area contributed by atoms with E-state index in [9.17, 15) is 47.8 Å². The molecule has 0 aliphatic carbocycles. The smallest absolute Gasteiger partial charge is 0.373 e. The highest BCUT2D eigenvalue weighted by Crippen LogP contribution is 2.40. The average Bonchev–Trinajstić information content (AvgIpc) is 3.38. The molecule has 0 fully saturated rings. The number of carbonyl (C=O) groups excluding carboxylic acids is 3. The molecule has 9 rings (SSSR count). The number of aliphatic carboxylic acids is 1. The van der Waals surface area contributed by atoms with Crippen molar-refractivity contribution < 1.29 is 57.1 Å². The number of likely N-dealkylation sites (N-methyl/N-ethyl adjacent to an activating group) is 1. The van der Waals surface area contributed by atoms with E-state index in [1.54, 1.807) is 31.2 Å². The Morgan fingerprint density at radius 3 is 1.72 bits per heavy atom. The van der Waals surface area contributed by atoms with Gasteiger partial charge in [0.05, 0.1) is 19.0 Å². The second-order valence-corrected chi connectivity index (χ2v) is 16.1. The molecule has 6 heterocycles. The van der Waals surface area contributed by atoms with Crippen molar-refractivity contribution in [3.63, 3.8) is 0 Å². The van der Waals surface area contributed by atoms with E-state index >= 15 is 0 Å². The highest BCUT2D eigenvalue weighted by atomic mass is 19.1. The number of halogens is 2. The van der Waals surface area contributed by atoms with Crippen LogP contribution in [0.4, 0.5) is 8.78 Å². The summed E-state index contributed by atoms with van der Waals surface area (Å²) in [6.07, 6.45) is 5.57. The lowest BCUT2D eigenvalue weighted by molar-refractivity contribution is -0.135. The molecule has 0 saturated carbocycles. The molecule has 18 nitrogen and oxygen atoms in total. The topological polar surface area (TPSA) is 231 Å².